The van der Waals surface area contributed by atoms with Crippen molar-refractivity contribution in [3.8, 4) is 0 Å². The molecule has 0 aliphatic rings. The molecule has 1 atom stereocenters. The first-order valence-electron chi connectivity index (χ1n) is 4.92. The minimum Gasteiger partial charge on any atom is -0.480 e. The van der Waals surface area contributed by atoms with E-state index in [4.69, 9.17) is 5.11 Å². The maximum Gasteiger partial charge on any atom is 0.326 e. The maximum absolute atomic E-state index is 10.9. The molecule has 0 aliphatic carbocycles. The number of rotatable bonds is 4. The number of carbonyl (C=O) groups is 1. The van der Waals surface area contributed by atoms with E-state index in [1.54, 1.807) is 6.20 Å². The van der Waals surface area contributed by atoms with Crippen molar-refractivity contribution in [2.24, 2.45) is 5.92 Å². The van der Waals surface area contributed by atoms with E-state index < -0.39 is 12.0 Å². The highest BCUT2D eigenvalue weighted by atomic mass is 16.4. The van der Waals surface area contributed by atoms with Gasteiger partial charge < -0.3 is 10.4 Å². The molecular weight excluding hydrogens is 192 g/mol. The van der Waals surface area contributed by atoms with Gasteiger partial charge in [-0.2, -0.15) is 0 Å². The Morgan fingerprint density at radius 2 is 2.20 bits per heavy atom. The molecule has 1 aromatic rings. The van der Waals surface area contributed by atoms with E-state index in [-0.39, 0.29) is 5.92 Å². The van der Waals surface area contributed by atoms with Crippen LogP contribution in [0.3, 0.4) is 0 Å². The molecule has 0 fully saturated rings. The van der Waals surface area contributed by atoms with E-state index in [1.165, 1.54) is 0 Å². The molecule has 82 valence electrons. The Labute approximate surface area is 89.3 Å². The summed E-state index contributed by atoms with van der Waals surface area (Å²) < 4.78 is 0. The lowest BCUT2D eigenvalue weighted by Gasteiger charge is -2.18. The Kier molecular flexibility index (Phi) is 3.66. The fourth-order valence-electron chi connectivity index (χ4n) is 1.29. The topological polar surface area (TPSA) is 62.2 Å². The van der Waals surface area contributed by atoms with Crippen LogP contribution in [0.1, 0.15) is 19.4 Å². The lowest BCUT2D eigenvalue weighted by atomic mass is 10.0. The molecule has 1 heterocycles. The molecule has 4 heteroatoms. The summed E-state index contributed by atoms with van der Waals surface area (Å²) in [4.78, 5) is 15.0. The number of aliphatic carboxylic acids is 1. The second kappa shape index (κ2) is 4.77. The summed E-state index contributed by atoms with van der Waals surface area (Å²) in [6, 6.07) is 3.11. The average Bonchev–Trinajstić information content (AvgIpc) is 2.13. The maximum atomic E-state index is 10.9. The van der Waals surface area contributed by atoms with Crippen LogP contribution in [-0.4, -0.2) is 22.1 Å². The fraction of sp³-hybridized carbons (Fsp3) is 0.455. The molecule has 1 aromatic heterocycles. The predicted octanol–water partition coefficient (Wildman–Crippen LogP) is 1.91. The number of carboxylic acid groups (broad SMARTS) is 1. The molecule has 0 saturated heterocycles. The van der Waals surface area contributed by atoms with Gasteiger partial charge in [0.15, 0.2) is 0 Å². The summed E-state index contributed by atoms with van der Waals surface area (Å²) in [5.74, 6) is -0.228. The predicted molar refractivity (Wildman–Crippen MR) is 58.9 cm³/mol. The first-order chi connectivity index (χ1) is 7.00. The van der Waals surface area contributed by atoms with Crippen molar-refractivity contribution in [1.29, 1.82) is 0 Å². The van der Waals surface area contributed by atoms with Crippen molar-refractivity contribution < 1.29 is 9.90 Å². The summed E-state index contributed by atoms with van der Waals surface area (Å²) in [6.07, 6.45) is 1.66. The molecule has 4 nitrogen and oxygen atoms in total. The number of nitrogens with zero attached hydrogens (tertiary/aromatic N) is 1. The van der Waals surface area contributed by atoms with Gasteiger partial charge >= 0.3 is 5.97 Å². The van der Waals surface area contributed by atoms with Crippen molar-refractivity contribution in [3.05, 3.63) is 23.9 Å². The number of aryl methyl sites for hydroxylation is 1. The third-order valence-electron chi connectivity index (χ3n) is 2.15. The Morgan fingerprint density at radius 3 is 2.67 bits per heavy atom. The van der Waals surface area contributed by atoms with E-state index in [1.807, 2.05) is 32.9 Å². The van der Waals surface area contributed by atoms with Gasteiger partial charge in [-0.25, -0.2) is 9.78 Å². The standard InChI is InChI=1S/C11H16N2O2/c1-7(2)10(11(14)15)13-9-6-8(3)4-5-12-9/h4-7,10H,1-3H3,(H,12,13)(H,14,15)/t10-/m1/s1. The van der Waals surface area contributed by atoms with Crippen molar-refractivity contribution in [2.45, 2.75) is 26.8 Å². The molecule has 0 spiro atoms. The van der Waals surface area contributed by atoms with E-state index in [0.29, 0.717) is 5.82 Å². The molecule has 15 heavy (non-hydrogen) atoms. The van der Waals surface area contributed by atoms with Gasteiger partial charge in [0, 0.05) is 6.20 Å². The van der Waals surface area contributed by atoms with Crippen LogP contribution in [-0.2, 0) is 4.79 Å². The zero-order valence-electron chi connectivity index (χ0n) is 9.19. The van der Waals surface area contributed by atoms with Crippen molar-refractivity contribution in [2.75, 3.05) is 5.32 Å². The van der Waals surface area contributed by atoms with Gasteiger partial charge in [0.05, 0.1) is 0 Å². The number of carboxylic acids is 1. The Morgan fingerprint density at radius 1 is 1.53 bits per heavy atom. The summed E-state index contributed by atoms with van der Waals surface area (Å²) in [5.41, 5.74) is 1.06. The van der Waals surface area contributed by atoms with Crippen LogP contribution in [0.25, 0.3) is 0 Å². The summed E-state index contributed by atoms with van der Waals surface area (Å²) in [6.45, 7) is 5.67. The molecule has 0 aliphatic heterocycles. The molecule has 1 rings (SSSR count). The zero-order chi connectivity index (χ0) is 11.4. The molecule has 0 aromatic carbocycles. The quantitative estimate of drug-likeness (QED) is 0.793. The highest BCUT2D eigenvalue weighted by Crippen LogP contribution is 2.11. The average molecular weight is 208 g/mol. The molecule has 2 N–H and O–H groups in total. The number of anilines is 1. The van der Waals surface area contributed by atoms with E-state index >= 15 is 0 Å². The van der Waals surface area contributed by atoms with Crippen LogP contribution in [0, 0.1) is 12.8 Å². The third kappa shape index (κ3) is 3.23. The van der Waals surface area contributed by atoms with Crippen LogP contribution in [0.15, 0.2) is 18.3 Å². The molecular formula is C11H16N2O2. The van der Waals surface area contributed by atoms with Crippen molar-refractivity contribution >= 4 is 11.8 Å². The normalized spacial score (nSPS) is 12.5. The zero-order valence-corrected chi connectivity index (χ0v) is 9.19. The van der Waals surface area contributed by atoms with E-state index in [0.717, 1.165) is 5.56 Å². The van der Waals surface area contributed by atoms with Crippen LogP contribution < -0.4 is 5.32 Å². The Bertz CT molecular complexity index is 350. The van der Waals surface area contributed by atoms with E-state index in [2.05, 4.69) is 10.3 Å². The number of pyridine rings is 1. The minimum absolute atomic E-state index is 0.0183. The Balaban J connectivity index is 2.79. The lowest BCUT2D eigenvalue weighted by molar-refractivity contribution is -0.138. The second-order valence-corrected chi connectivity index (χ2v) is 3.92. The molecule has 0 amide bonds. The third-order valence-corrected chi connectivity index (χ3v) is 2.15. The monoisotopic (exact) mass is 208 g/mol. The van der Waals surface area contributed by atoms with Gasteiger partial charge in [-0.15, -0.1) is 0 Å². The van der Waals surface area contributed by atoms with Crippen molar-refractivity contribution in [3.63, 3.8) is 0 Å². The second-order valence-electron chi connectivity index (χ2n) is 3.92. The van der Waals surface area contributed by atoms with Gasteiger partial charge in [-0.05, 0) is 30.5 Å². The van der Waals surface area contributed by atoms with Gasteiger partial charge in [-0.1, -0.05) is 13.8 Å². The largest absolute Gasteiger partial charge is 0.480 e. The van der Waals surface area contributed by atoms with Gasteiger partial charge in [0.2, 0.25) is 0 Å². The number of hydrogen-bond acceptors (Lipinski definition) is 3. The van der Waals surface area contributed by atoms with Gasteiger partial charge in [0.1, 0.15) is 11.9 Å². The van der Waals surface area contributed by atoms with Crippen LogP contribution in [0.2, 0.25) is 0 Å². The van der Waals surface area contributed by atoms with Gasteiger partial charge in [-0.3, -0.25) is 0 Å². The van der Waals surface area contributed by atoms with Crippen LogP contribution in [0.5, 0.6) is 0 Å². The number of aromatic nitrogens is 1. The van der Waals surface area contributed by atoms with Crippen LogP contribution in [0.4, 0.5) is 5.82 Å². The molecule has 0 bridgehead atoms. The van der Waals surface area contributed by atoms with Gasteiger partial charge in [0.25, 0.3) is 0 Å². The highest BCUT2D eigenvalue weighted by molar-refractivity contribution is 5.77. The van der Waals surface area contributed by atoms with Crippen molar-refractivity contribution in [1.82, 2.24) is 4.98 Å². The summed E-state index contributed by atoms with van der Waals surface area (Å²) in [5, 5.41) is 11.9. The van der Waals surface area contributed by atoms with E-state index in [9.17, 15) is 4.79 Å². The summed E-state index contributed by atoms with van der Waals surface area (Å²) in [7, 11) is 0. The smallest absolute Gasteiger partial charge is 0.326 e. The van der Waals surface area contributed by atoms with Crippen LogP contribution >= 0.6 is 0 Å². The Hall–Kier alpha value is -1.58. The molecule has 0 unspecified atom stereocenters. The fourth-order valence-corrected chi connectivity index (χ4v) is 1.29. The highest BCUT2D eigenvalue weighted by Gasteiger charge is 2.21. The summed E-state index contributed by atoms with van der Waals surface area (Å²) >= 11 is 0. The molecule has 0 radical (unpaired) electrons. The molecule has 0 saturated carbocycles. The first kappa shape index (κ1) is 11.5. The SMILES string of the molecule is Cc1ccnc(N[C@@H](C(=O)O)C(C)C)c1. The lowest BCUT2D eigenvalue weighted by Crippen LogP contribution is -2.34. The number of hydrogen-bond donors (Lipinski definition) is 2. The number of nitrogens with one attached hydrogen (secondary N) is 1. The first-order valence-corrected chi connectivity index (χ1v) is 4.92. The minimum atomic E-state index is -0.853.